The minimum atomic E-state index is -0.247. The fraction of sp³-hybridized carbons (Fsp3) is 0.500. The van der Waals surface area contributed by atoms with Gasteiger partial charge in [0.25, 0.3) is 0 Å². The number of aryl methyl sites for hydroxylation is 2. The van der Waals surface area contributed by atoms with E-state index in [1.165, 1.54) is 17.5 Å². The second-order valence-corrected chi connectivity index (χ2v) is 5.32. The van der Waals surface area contributed by atoms with E-state index in [4.69, 9.17) is 0 Å². The molecule has 0 saturated carbocycles. The Morgan fingerprint density at radius 3 is 2.71 bits per heavy atom. The van der Waals surface area contributed by atoms with Gasteiger partial charge in [-0.15, -0.1) is 0 Å². The fourth-order valence-corrected chi connectivity index (χ4v) is 2.75. The van der Waals surface area contributed by atoms with Gasteiger partial charge in [0.1, 0.15) is 5.82 Å². The highest BCUT2D eigenvalue weighted by molar-refractivity contribution is 5.25. The number of nitrogens with zero attached hydrogens (tertiary/aromatic N) is 3. The highest BCUT2D eigenvalue weighted by Crippen LogP contribution is 2.23. The lowest BCUT2D eigenvalue weighted by atomic mass is 9.98. The molecule has 0 saturated heterocycles. The number of hydrogen-bond donors (Lipinski definition) is 1. The molecule has 0 bridgehead atoms. The first kappa shape index (κ1) is 15.6. The summed E-state index contributed by atoms with van der Waals surface area (Å²) in [5.41, 5.74) is 4.18. The number of nitrogens with one attached hydrogen (secondary N) is 1. The van der Waals surface area contributed by atoms with E-state index >= 15 is 0 Å². The molecule has 0 fully saturated rings. The summed E-state index contributed by atoms with van der Waals surface area (Å²) in [5, 5.41) is 7.80. The molecular formula is C16H23FN4. The van der Waals surface area contributed by atoms with Crippen LogP contribution in [0.3, 0.4) is 0 Å². The maximum atomic E-state index is 13.9. The van der Waals surface area contributed by atoms with Crippen molar-refractivity contribution in [1.29, 1.82) is 0 Å². The van der Waals surface area contributed by atoms with E-state index in [9.17, 15) is 4.39 Å². The van der Waals surface area contributed by atoms with Gasteiger partial charge in [-0.05, 0) is 44.9 Å². The molecule has 2 aromatic rings. The molecule has 0 aliphatic rings. The lowest BCUT2D eigenvalue weighted by molar-refractivity contribution is 0.482. The minimum Gasteiger partial charge on any atom is -0.310 e. The minimum absolute atomic E-state index is 0.00277. The van der Waals surface area contributed by atoms with Crippen molar-refractivity contribution in [3.8, 4) is 0 Å². The van der Waals surface area contributed by atoms with Crippen LogP contribution < -0.4 is 5.32 Å². The lowest BCUT2D eigenvalue weighted by Crippen LogP contribution is -2.22. The molecule has 0 spiro atoms. The van der Waals surface area contributed by atoms with Crippen molar-refractivity contribution >= 4 is 0 Å². The van der Waals surface area contributed by atoms with Crippen molar-refractivity contribution in [3.05, 3.63) is 46.8 Å². The first-order valence-corrected chi connectivity index (χ1v) is 7.36. The molecule has 0 aromatic carbocycles. The summed E-state index contributed by atoms with van der Waals surface area (Å²) in [6.45, 7) is 6.94. The fourth-order valence-electron chi connectivity index (χ4n) is 2.75. The molecular weight excluding hydrogens is 267 g/mol. The van der Waals surface area contributed by atoms with Gasteiger partial charge in [0.15, 0.2) is 0 Å². The van der Waals surface area contributed by atoms with Crippen molar-refractivity contribution in [1.82, 2.24) is 20.1 Å². The molecule has 2 rings (SSSR count). The lowest BCUT2D eigenvalue weighted by Gasteiger charge is -2.19. The van der Waals surface area contributed by atoms with E-state index in [1.54, 1.807) is 12.3 Å². The molecule has 0 amide bonds. The van der Waals surface area contributed by atoms with Gasteiger partial charge in [-0.25, -0.2) is 4.39 Å². The van der Waals surface area contributed by atoms with Crippen molar-refractivity contribution < 1.29 is 4.39 Å². The molecule has 114 valence electrons. The average molecular weight is 290 g/mol. The zero-order valence-electron chi connectivity index (χ0n) is 13.2. The van der Waals surface area contributed by atoms with Crippen LogP contribution in [0.25, 0.3) is 0 Å². The zero-order valence-corrected chi connectivity index (χ0v) is 13.2. The number of pyridine rings is 1. The molecule has 2 heterocycles. The second-order valence-electron chi connectivity index (χ2n) is 5.32. The third-order valence-electron chi connectivity index (χ3n) is 3.97. The van der Waals surface area contributed by atoms with Crippen LogP contribution in [0.1, 0.15) is 41.9 Å². The summed E-state index contributed by atoms with van der Waals surface area (Å²) in [7, 11) is 1.95. The van der Waals surface area contributed by atoms with Gasteiger partial charge in [0.2, 0.25) is 0 Å². The molecule has 1 atom stereocenters. The molecule has 21 heavy (non-hydrogen) atoms. The quantitative estimate of drug-likeness (QED) is 0.889. The molecule has 4 nitrogen and oxygen atoms in total. The van der Waals surface area contributed by atoms with Crippen molar-refractivity contribution in [2.75, 3.05) is 6.54 Å². The Bertz CT molecular complexity index is 606. The van der Waals surface area contributed by atoms with E-state index in [1.807, 2.05) is 25.6 Å². The van der Waals surface area contributed by atoms with Crippen LogP contribution in [0.5, 0.6) is 0 Å². The average Bonchev–Trinajstić information content (AvgIpc) is 2.70. The van der Waals surface area contributed by atoms with E-state index < -0.39 is 0 Å². The van der Waals surface area contributed by atoms with Crippen LogP contribution in [0.4, 0.5) is 4.39 Å². The van der Waals surface area contributed by atoms with Crippen LogP contribution in [0, 0.1) is 19.7 Å². The third-order valence-corrected chi connectivity index (χ3v) is 3.97. The molecule has 0 radical (unpaired) electrons. The number of rotatable bonds is 6. The summed E-state index contributed by atoms with van der Waals surface area (Å²) in [4.78, 5) is 3.82. The van der Waals surface area contributed by atoms with Gasteiger partial charge in [0, 0.05) is 30.5 Å². The summed E-state index contributed by atoms with van der Waals surface area (Å²) in [5.74, 6) is -0.247. The monoisotopic (exact) mass is 290 g/mol. The summed E-state index contributed by atoms with van der Waals surface area (Å²) in [6, 6.07) is 1.75. The zero-order chi connectivity index (χ0) is 15.4. The van der Waals surface area contributed by atoms with Crippen LogP contribution in [0.2, 0.25) is 0 Å². The largest absolute Gasteiger partial charge is 0.310 e. The van der Waals surface area contributed by atoms with Gasteiger partial charge in [-0.2, -0.15) is 5.10 Å². The van der Waals surface area contributed by atoms with Crippen LogP contribution >= 0.6 is 0 Å². The Morgan fingerprint density at radius 2 is 2.14 bits per heavy atom. The van der Waals surface area contributed by atoms with Crippen molar-refractivity contribution in [3.63, 3.8) is 0 Å². The Balaban J connectivity index is 2.16. The van der Waals surface area contributed by atoms with E-state index in [2.05, 4.69) is 22.3 Å². The van der Waals surface area contributed by atoms with Gasteiger partial charge in [0.05, 0.1) is 11.9 Å². The van der Waals surface area contributed by atoms with E-state index in [0.29, 0.717) is 5.56 Å². The molecule has 1 unspecified atom stereocenters. The SMILES string of the molecule is CCNC(CCc1c(C)nn(C)c1C)c1ccncc1F. The Kier molecular flexibility index (Phi) is 5.07. The maximum Gasteiger partial charge on any atom is 0.146 e. The molecule has 2 aromatic heterocycles. The normalized spacial score (nSPS) is 12.6. The first-order chi connectivity index (χ1) is 10.0. The van der Waals surface area contributed by atoms with E-state index in [-0.39, 0.29) is 11.9 Å². The summed E-state index contributed by atoms with van der Waals surface area (Å²) < 4.78 is 15.8. The second kappa shape index (κ2) is 6.80. The summed E-state index contributed by atoms with van der Waals surface area (Å²) in [6.07, 6.45) is 4.64. The number of aromatic nitrogens is 3. The predicted octanol–water partition coefficient (Wildman–Crippen LogP) is 2.85. The predicted molar refractivity (Wildman–Crippen MR) is 81.6 cm³/mol. The highest BCUT2D eigenvalue weighted by Gasteiger charge is 2.17. The Morgan fingerprint density at radius 1 is 1.38 bits per heavy atom. The van der Waals surface area contributed by atoms with Gasteiger partial charge in [-0.1, -0.05) is 6.92 Å². The summed E-state index contributed by atoms with van der Waals surface area (Å²) >= 11 is 0. The van der Waals surface area contributed by atoms with Crippen LogP contribution in [0.15, 0.2) is 18.5 Å². The number of hydrogen-bond acceptors (Lipinski definition) is 3. The highest BCUT2D eigenvalue weighted by atomic mass is 19.1. The molecule has 0 aliphatic heterocycles. The Labute approximate surface area is 125 Å². The molecule has 1 N–H and O–H groups in total. The van der Waals surface area contributed by atoms with Crippen molar-refractivity contribution in [2.45, 2.75) is 39.7 Å². The van der Waals surface area contributed by atoms with Crippen molar-refractivity contribution in [2.24, 2.45) is 7.05 Å². The van der Waals surface area contributed by atoms with Gasteiger partial charge in [-0.3, -0.25) is 9.67 Å². The standard InChI is InChI=1S/C16H23FN4/c1-5-19-16(14-8-9-18-10-15(14)17)7-6-13-11(2)20-21(4)12(13)3/h8-10,16,19H,5-7H2,1-4H3. The number of halogens is 1. The topological polar surface area (TPSA) is 42.7 Å². The van der Waals surface area contributed by atoms with Gasteiger partial charge < -0.3 is 5.32 Å². The smallest absolute Gasteiger partial charge is 0.146 e. The van der Waals surface area contributed by atoms with Gasteiger partial charge >= 0.3 is 0 Å². The Hall–Kier alpha value is -1.75. The van der Waals surface area contributed by atoms with E-state index in [0.717, 1.165) is 25.1 Å². The first-order valence-electron chi connectivity index (χ1n) is 7.36. The molecule has 0 aliphatic carbocycles. The third kappa shape index (κ3) is 3.47. The van der Waals surface area contributed by atoms with Crippen LogP contribution in [-0.2, 0) is 13.5 Å². The molecule has 5 heteroatoms. The van der Waals surface area contributed by atoms with Crippen LogP contribution in [-0.4, -0.2) is 21.3 Å². The maximum absolute atomic E-state index is 13.9.